The summed E-state index contributed by atoms with van der Waals surface area (Å²) in [5.41, 5.74) is 9.48. The van der Waals surface area contributed by atoms with Gasteiger partial charge in [0.05, 0.1) is 5.71 Å². The molecule has 1 heterocycles. The van der Waals surface area contributed by atoms with Gasteiger partial charge in [-0.05, 0) is 50.8 Å². The maximum absolute atomic E-state index is 4.43. The summed E-state index contributed by atoms with van der Waals surface area (Å²) in [5.74, 6) is 0. The first-order chi connectivity index (χ1) is 6.57. The molecule has 0 bridgehead atoms. The van der Waals surface area contributed by atoms with E-state index in [2.05, 4.69) is 45.1 Å². The first kappa shape index (κ1) is 11.0. The number of hydrazone groups is 1. The molecular weight excluding hydrogens is 172 g/mol. The van der Waals surface area contributed by atoms with Crippen molar-refractivity contribution >= 4 is 5.71 Å². The summed E-state index contributed by atoms with van der Waals surface area (Å²) in [4.78, 5) is 0. The zero-order valence-corrected chi connectivity index (χ0v) is 9.86. The SMILES string of the molecule is CCCC1=NNC(C)=C(C)C(C)=C1C. The number of rotatable bonds is 2. The fourth-order valence-electron chi connectivity index (χ4n) is 1.58. The molecule has 2 heteroatoms. The summed E-state index contributed by atoms with van der Waals surface area (Å²) in [6.07, 6.45) is 2.19. The van der Waals surface area contributed by atoms with Crippen LogP contribution in [0.4, 0.5) is 0 Å². The summed E-state index contributed by atoms with van der Waals surface area (Å²) in [6, 6.07) is 0. The Hall–Kier alpha value is -1.05. The topological polar surface area (TPSA) is 24.4 Å². The molecule has 1 rings (SSSR count). The number of allylic oxidation sites excluding steroid dienone is 4. The molecule has 0 fully saturated rings. The van der Waals surface area contributed by atoms with Gasteiger partial charge in [0.25, 0.3) is 0 Å². The monoisotopic (exact) mass is 192 g/mol. The minimum atomic E-state index is 1.05. The third-order valence-corrected chi connectivity index (χ3v) is 2.97. The van der Waals surface area contributed by atoms with Crippen LogP contribution in [0.3, 0.4) is 0 Å². The molecule has 0 aromatic heterocycles. The fourth-order valence-corrected chi connectivity index (χ4v) is 1.58. The van der Waals surface area contributed by atoms with Crippen molar-refractivity contribution in [2.24, 2.45) is 5.10 Å². The van der Waals surface area contributed by atoms with Crippen LogP contribution in [0, 0.1) is 0 Å². The van der Waals surface area contributed by atoms with Gasteiger partial charge in [-0.25, -0.2) is 0 Å². The van der Waals surface area contributed by atoms with E-state index < -0.39 is 0 Å². The number of hydrogen-bond donors (Lipinski definition) is 1. The highest BCUT2D eigenvalue weighted by molar-refractivity contribution is 6.01. The minimum Gasteiger partial charge on any atom is -0.282 e. The summed E-state index contributed by atoms with van der Waals surface area (Å²) >= 11 is 0. The smallest absolute Gasteiger partial charge is 0.0638 e. The standard InChI is InChI=1S/C12H20N2/c1-6-7-12-10(4)8(2)9(3)11(5)13-14-12/h13H,6-7H2,1-5H3. The molecule has 2 nitrogen and oxygen atoms in total. The first-order valence-electron chi connectivity index (χ1n) is 5.26. The Morgan fingerprint density at radius 2 is 1.64 bits per heavy atom. The van der Waals surface area contributed by atoms with Crippen LogP contribution in [0.15, 0.2) is 27.5 Å². The maximum Gasteiger partial charge on any atom is 0.0638 e. The second-order valence-electron chi connectivity index (χ2n) is 3.92. The molecule has 0 radical (unpaired) electrons. The summed E-state index contributed by atoms with van der Waals surface area (Å²) < 4.78 is 0. The lowest BCUT2D eigenvalue weighted by molar-refractivity contribution is 0.861. The first-order valence-corrected chi connectivity index (χ1v) is 5.26. The van der Waals surface area contributed by atoms with E-state index in [1.165, 1.54) is 22.4 Å². The van der Waals surface area contributed by atoms with E-state index >= 15 is 0 Å². The van der Waals surface area contributed by atoms with Gasteiger partial charge in [0.1, 0.15) is 0 Å². The molecule has 0 spiro atoms. The molecule has 0 unspecified atom stereocenters. The van der Waals surface area contributed by atoms with Crippen LogP contribution in [0.25, 0.3) is 0 Å². The number of nitrogens with zero attached hydrogens (tertiary/aromatic N) is 1. The van der Waals surface area contributed by atoms with Crippen molar-refractivity contribution in [1.29, 1.82) is 0 Å². The molecule has 78 valence electrons. The molecule has 0 saturated heterocycles. The molecular formula is C12H20N2. The van der Waals surface area contributed by atoms with Gasteiger partial charge in [0, 0.05) is 5.70 Å². The van der Waals surface area contributed by atoms with Crippen molar-refractivity contribution < 1.29 is 0 Å². The third kappa shape index (κ3) is 2.06. The van der Waals surface area contributed by atoms with E-state index in [4.69, 9.17) is 0 Å². The lowest BCUT2D eigenvalue weighted by Gasteiger charge is -2.07. The molecule has 0 atom stereocenters. The lowest BCUT2D eigenvalue weighted by atomic mass is 9.98. The van der Waals surface area contributed by atoms with Gasteiger partial charge in [-0.3, -0.25) is 5.43 Å². The normalized spacial score (nSPS) is 17.9. The van der Waals surface area contributed by atoms with Gasteiger partial charge < -0.3 is 0 Å². The van der Waals surface area contributed by atoms with Crippen molar-refractivity contribution in [2.45, 2.75) is 47.5 Å². The van der Waals surface area contributed by atoms with Crippen LogP contribution in [0.1, 0.15) is 47.5 Å². The zero-order valence-electron chi connectivity index (χ0n) is 9.86. The summed E-state index contributed by atoms with van der Waals surface area (Å²) in [7, 11) is 0. The van der Waals surface area contributed by atoms with E-state index in [-0.39, 0.29) is 0 Å². The maximum atomic E-state index is 4.43. The Morgan fingerprint density at radius 1 is 1.00 bits per heavy atom. The van der Waals surface area contributed by atoms with E-state index in [9.17, 15) is 0 Å². The molecule has 0 aliphatic carbocycles. The molecule has 14 heavy (non-hydrogen) atoms. The zero-order chi connectivity index (χ0) is 10.7. The van der Waals surface area contributed by atoms with Gasteiger partial charge >= 0.3 is 0 Å². The Labute approximate surface area is 86.8 Å². The van der Waals surface area contributed by atoms with Crippen molar-refractivity contribution in [2.75, 3.05) is 0 Å². The van der Waals surface area contributed by atoms with E-state index in [1.807, 2.05) is 0 Å². The largest absolute Gasteiger partial charge is 0.282 e. The van der Waals surface area contributed by atoms with Gasteiger partial charge in [0.15, 0.2) is 0 Å². The van der Waals surface area contributed by atoms with Crippen molar-refractivity contribution in [3.05, 3.63) is 22.4 Å². The predicted octanol–water partition coefficient (Wildman–Crippen LogP) is 3.38. The van der Waals surface area contributed by atoms with Crippen LogP contribution < -0.4 is 5.43 Å². The number of nitrogens with one attached hydrogen (secondary N) is 1. The molecule has 1 aliphatic rings. The average molecular weight is 192 g/mol. The van der Waals surface area contributed by atoms with E-state index in [0.717, 1.165) is 18.5 Å². The number of hydrogen-bond acceptors (Lipinski definition) is 2. The van der Waals surface area contributed by atoms with Crippen LogP contribution in [-0.2, 0) is 0 Å². The van der Waals surface area contributed by atoms with Crippen molar-refractivity contribution in [3.63, 3.8) is 0 Å². The minimum absolute atomic E-state index is 1.05. The lowest BCUT2D eigenvalue weighted by Crippen LogP contribution is -2.07. The summed E-state index contributed by atoms with van der Waals surface area (Å²) in [6.45, 7) is 10.7. The average Bonchev–Trinajstić information content (AvgIpc) is 2.26. The molecule has 0 saturated carbocycles. The van der Waals surface area contributed by atoms with Crippen LogP contribution >= 0.6 is 0 Å². The van der Waals surface area contributed by atoms with Crippen LogP contribution in [0.5, 0.6) is 0 Å². The highest BCUT2D eigenvalue weighted by Crippen LogP contribution is 2.21. The quantitative estimate of drug-likeness (QED) is 0.712. The van der Waals surface area contributed by atoms with Crippen molar-refractivity contribution in [1.82, 2.24) is 5.43 Å². The molecule has 0 aromatic carbocycles. The Kier molecular flexibility index (Phi) is 3.50. The second kappa shape index (κ2) is 4.45. The fraction of sp³-hybridized carbons (Fsp3) is 0.583. The highest BCUT2D eigenvalue weighted by atomic mass is 15.3. The predicted molar refractivity (Wildman–Crippen MR) is 62.2 cm³/mol. The van der Waals surface area contributed by atoms with E-state index in [0.29, 0.717) is 0 Å². The Bertz CT molecular complexity index is 319. The van der Waals surface area contributed by atoms with Crippen molar-refractivity contribution in [3.8, 4) is 0 Å². The molecule has 0 amide bonds. The Balaban J connectivity index is 3.08. The van der Waals surface area contributed by atoms with Gasteiger partial charge in [-0.1, -0.05) is 13.3 Å². The van der Waals surface area contributed by atoms with Gasteiger partial charge in [-0.15, -0.1) is 0 Å². The molecule has 1 aliphatic heterocycles. The van der Waals surface area contributed by atoms with Gasteiger partial charge in [0.2, 0.25) is 0 Å². The van der Waals surface area contributed by atoms with E-state index in [1.54, 1.807) is 0 Å². The van der Waals surface area contributed by atoms with Crippen LogP contribution in [-0.4, -0.2) is 5.71 Å². The third-order valence-electron chi connectivity index (χ3n) is 2.97. The molecule has 0 aromatic rings. The second-order valence-corrected chi connectivity index (χ2v) is 3.92. The van der Waals surface area contributed by atoms with Gasteiger partial charge in [-0.2, -0.15) is 5.10 Å². The summed E-state index contributed by atoms with van der Waals surface area (Å²) in [5, 5.41) is 4.43. The highest BCUT2D eigenvalue weighted by Gasteiger charge is 2.11. The van der Waals surface area contributed by atoms with Crippen LogP contribution in [0.2, 0.25) is 0 Å². The molecule has 1 N–H and O–H groups in total. The Morgan fingerprint density at radius 3 is 2.21 bits per heavy atom.